The quantitative estimate of drug-likeness (QED) is 0.780. The highest BCUT2D eigenvalue weighted by molar-refractivity contribution is 5.93. The molecule has 6 nitrogen and oxygen atoms in total. The van der Waals surface area contributed by atoms with E-state index in [1.165, 1.54) is 25.1 Å². The summed E-state index contributed by atoms with van der Waals surface area (Å²) in [4.78, 5) is 28.5. The summed E-state index contributed by atoms with van der Waals surface area (Å²) in [6.45, 7) is 1.48. The molecule has 1 aromatic carbocycles. The van der Waals surface area contributed by atoms with Crippen molar-refractivity contribution >= 4 is 11.6 Å². The van der Waals surface area contributed by atoms with Crippen LogP contribution < -0.4 is 10.9 Å². The van der Waals surface area contributed by atoms with Crippen molar-refractivity contribution in [3.8, 4) is 11.3 Å². The highest BCUT2D eigenvalue weighted by Crippen LogP contribution is 2.16. The van der Waals surface area contributed by atoms with Crippen molar-refractivity contribution in [2.45, 2.75) is 13.0 Å². The SMILES string of the molecule is CC(C(=O)Nc1ccc(F)c(F)c1)n1nc(-c2cccnc2)ccc1=O. The maximum Gasteiger partial charge on any atom is 0.267 e. The minimum absolute atomic E-state index is 0.0808. The molecule has 1 atom stereocenters. The summed E-state index contributed by atoms with van der Waals surface area (Å²) >= 11 is 0. The molecular weight excluding hydrogens is 342 g/mol. The molecule has 132 valence electrons. The van der Waals surface area contributed by atoms with Crippen LogP contribution in [0.5, 0.6) is 0 Å². The molecule has 0 aliphatic heterocycles. The third-order valence-corrected chi connectivity index (χ3v) is 3.72. The molecule has 2 aromatic heterocycles. The van der Waals surface area contributed by atoms with Gasteiger partial charge in [0.05, 0.1) is 5.69 Å². The Balaban J connectivity index is 1.86. The number of rotatable bonds is 4. The molecule has 8 heteroatoms. The van der Waals surface area contributed by atoms with Crippen LogP contribution in [-0.4, -0.2) is 20.7 Å². The number of halogens is 2. The summed E-state index contributed by atoms with van der Waals surface area (Å²) in [5, 5.41) is 6.64. The molecular formula is C18H14F2N4O2. The minimum atomic E-state index is -1.08. The number of pyridine rings is 1. The van der Waals surface area contributed by atoms with E-state index >= 15 is 0 Å². The van der Waals surface area contributed by atoms with Gasteiger partial charge in [-0.3, -0.25) is 14.6 Å². The molecule has 0 saturated heterocycles. The zero-order valence-corrected chi connectivity index (χ0v) is 13.7. The zero-order chi connectivity index (χ0) is 18.7. The first kappa shape index (κ1) is 17.4. The molecule has 1 unspecified atom stereocenters. The van der Waals surface area contributed by atoms with Gasteiger partial charge in [-0.1, -0.05) is 0 Å². The average Bonchev–Trinajstić information content (AvgIpc) is 2.65. The van der Waals surface area contributed by atoms with Crippen molar-refractivity contribution in [1.29, 1.82) is 0 Å². The lowest BCUT2D eigenvalue weighted by Gasteiger charge is -2.15. The maximum absolute atomic E-state index is 13.3. The van der Waals surface area contributed by atoms with Crippen LogP contribution in [0.3, 0.4) is 0 Å². The lowest BCUT2D eigenvalue weighted by molar-refractivity contribution is -0.119. The molecule has 1 N–H and O–H groups in total. The second-order valence-corrected chi connectivity index (χ2v) is 5.54. The van der Waals surface area contributed by atoms with Gasteiger partial charge >= 0.3 is 0 Å². The Morgan fingerprint density at radius 2 is 1.96 bits per heavy atom. The van der Waals surface area contributed by atoms with Crippen LogP contribution in [0.15, 0.2) is 59.7 Å². The van der Waals surface area contributed by atoms with Gasteiger partial charge in [0, 0.05) is 35.8 Å². The van der Waals surface area contributed by atoms with Crippen molar-refractivity contribution in [2.24, 2.45) is 0 Å². The van der Waals surface area contributed by atoms with Gasteiger partial charge in [0.1, 0.15) is 6.04 Å². The fourth-order valence-corrected chi connectivity index (χ4v) is 2.30. The summed E-state index contributed by atoms with van der Waals surface area (Å²) in [6, 6.07) is 8.37. The summed E-state index contributed by atoms with van der Waals surface area (Å²) in [5.74, 6) is -2.68. The van der Waals surface area contributed by atoms with E-state index in [2.05, 4.69) is 15.4 Å². The van der Waals surface area contributed by atoms with Crippen molar-refractivity contribution < 1.29 is 13.6 Å². The van der Waals surface area contributed by atoms with Crippen LogP contribution in [0.1, 0.15) is 13.0 Å². The third kappa shape index (κ3) is 3.64. The Bertz CT molecular complexity index is 1010. The first-order chi connectivity index (χ1) is 12.5. The lowest BCUT2D eigenvalue weighted by atomic mass is 10.2. The molecule has 0 fully saturated rings. The number of hydrogen-bond acceptors (Lipinski definition) is 4. The smallest absolute Gasteiger partial charge is 0.267 e. The number of aromatic nitrogens is 3. The maximum atomic E-state index is 13.3. The number of hydrogen-bond donors (Lipinski definition) is 1. The van der Waals surface area contributed by atoms with Gasteiger partial charge in [-0.05, 0) is 37.3 Å². The number of benzene rings is 1. The Kier molecular flexibility index (Phi) is 4.83. The molecule has 3 aromatic rings. The van der Waals surface area contributed by atoms with E-state index < -0.39 is 29.1 Å². The van der Waals surface area contributed by atoms with Gasteiger partial charge in [0.25, 0.3) is 5.56 Å². The first-order valence-electron chi connectivity index (χ1n) is 7.72. The Labute approximate surface area is 147 Å². The minimum Gasteiger partial charge on any atom is -0.324 e. The fourth-order valence-electron chi connectivity index (χ4n) is 2.30. The largest absolute Gasteiger partial charge is 0.324 e. The molecule has 26 heavy (non-hydrogen) atoms. The van der Waals surface area contributed by atoms with Crippen LogP contribution in [0.4, 0.5) is 14.5 Å². The van der Waals surface area contributed by atoms with E-state index in [0.29, 0.717) is 11.3 Å². The third-order valence-electron chi connectivity index (χ3n) is 3.72. The van der Waals surface area contributed by atoms with Gasteiger partial charge in [-0.2, -0.15) is 5.10 Å². The standard InChI is InChI=1S/C18H14F2N4O2/c1-11(18(26)22-13-4-5-14(19)15(20)9-13)24-17(25)7-6-16(23-24)12-3-2-8-21-10-12/h2-11H,1H3,(H,22,26). The molecule has 0 aliphatic rings. The van der Waals surface area contributed by atoms with Crippen LogP contribution in [0.2, 0.25) is 0 Å². The van der Waals surface area contributed by atoms with Crippen molar-refractivity contribution in [2.75, 3.05) is 5.32 Å². The van der Waals surface area contributed by atoms with Gasteiger partial charge in [-0.25, -0.2) is 13.5 Å². The number of nitrogens with zero attached hydrogens (tertiary/aromatic N) is 3. The predicted octanol–water partition coefficient (Wildman–Crippen LogP) is 2.78. The summed E-state index contributed by atoms with van der Waals surface area (Å²) in [7, 11) is 0. The molecule has 0 bridgehead atoms. The van der Waals surface area contributed by atoms with E-state index in [4.69, 9.17) is 0 Å². The molecule has 3 rings (SSSR count). The van der Waals surface area contributed by atoms with E-state index in [-0.39, 0.29) is 5.69 Å². The summed E-state index contributed by atoms with van der Waals surface area (Å²) < 4.78 is 27.3. The first-order valence-corrected chi connectivity index (χ1v) is 7.72. The van der Waals surface area contributed by atoms with E-state index in [1.807, 2.05) is 0 Å². The molecule has 0 saturated carbocycles. The van der Waals surface area contributed by atoms with E-state index in [0.717, 1.165) is 16.8 Å². The monoisotopic (exact) mass is 356 g/mol. The molecule has 2 heterocycles. The highest BCUT2D eigenvalue weighted by atomic mass is 19.2. The molecule has 0 radical (unpaired) electrons. The Morgan fingerprint density at radius 1 is 1.15 bits per heavy atom. The average molecular weight is 356 g/mol. The molecule has 1 amide bonds. The van der Waals surface area contributed by atoms with Gasteiger partial charge < -0.3 is 5.32 Å². The number of nitrogens with one attached hydrogen (secondary N) is 1. The predicted molar refractivity (Wildman–Crippen MR) is 91.4 cm³/mol. The molecule has 0 spiro atoms. The lowest BCUT2D eigenvalue weighted by Crippen LogP contribution is -2.33. The number of anilines is 1. The molecule has 0 aliphatic carbocycles. The number of carbonyl (C=O) groups excluding carboxylic acids is 1. The summed E-state index contributed by atoms with van der Waals surface area (Å²) in [6.07, 6.45) is 3.20. The van der Waals surface area contributed by atoms with Crippen LogP contribution >= 0.6 is 0 Å². The number of amides is 1. The normalized spacial score (nSPS) is 11.8. The number of carbonyl (C=O) groups is 1. The van der Waals surface area contributed by atoms with Crippen LogP contribution in [0, 0.1) is 11.6 Å². The Morgan fingerprint density at radius 3 is 2.65 bits per heavy atom. The zero-order valence-electron chi connectivity index (χ0n) is 13.7. The van der Waals surface area contributed by atoms with Gasteiger partial charge in [-0.15, -0.1) is 0 Å². The topological polar surface area (TPSA) is 76.9 Å². The van der Waals surface area contributed by atoms with Crippen molar-refractivity contribution in [3.05, 3.63) is 76.8 Å². The van der Waals surface area contributed by atoms with E-state index in [1.54, 1.807) is 24.5 Å². The van der Waals surface area contributed by atoms with Crippen LogP contribution in [0.25, 0.3) is 11.3 Å². The summed E-state index contributed by atoms with van der Waals surface area (Å²) in [5.41, 5.74) is 0.780. The fraction of sp³-hybridized carbons (Fsp3) is 0.111. The highest BCUT2D eigenvalue weighted by Gasteiger charge is 2.19. The second-order valence-electron chi connectivity index (χ2n) is 5.54. The van der Waals surface area contributed by atoms with Gasteiger partial charge in [0.2, 0.25) is 5.91 Å². The second kappa shape index (κ2) is 7.22. The van der Waals surface area contributed by atoms with Crippen LogP contribution in [-0.2, 0) is 4.79 Å². The Hall–Kier alpha value is -3.42. The van der Waals surface area contributed by atoms with Crippen molar-refractivity contribution in [3.63, 3.8) is 0 Å². The van der Waals surface area contributed by atoms with Crippen molar-refractivity contribution in [1.82, 2.24) is 14.8 Å². The van der Waals surface area contributed by atoms with E-state index in [9.17, 15) is 18.4 Å². The van der Waals surface area contributed by atoms with Gasteiger partial charge in [0.15, 0.2) is 11.6 Å².